The highest BCUT2D eigenvalue weighted by molar-refractivity contribution is 7.92. The van der Waals surface area contributed by atoms with E-state index in [4.69, 9.17) is 11.6 Å². The molecule has 35 heavy (non-hydrogen) atoms. The number of rotatable bonds is 6. The smallest absolute Gasteiger partial charge is 0.255 e. The number of sulfone groups is 1. The van der Waals surface area contributed by atoms with Crippen molar-refractivity contribution in [1.82, 2.24) is 0 Å². The number of fused-ring (bicyclic) bond motifs is 2. The van der Waals surface area contributed by atoms with E-state index in [2.05, 4.69) is 5.32 Å². The second kappa shape index (κ2) is 9.24. The summed E-state index contributed by atoms with van der Waals surface area (Å²) in [5.74, 6) is -4.71. The fraction of sp³-hybridized carbons (Fsp3) is 0.417. The van der Waals surface area contributed by atoms with E-state index in [0.717, 1.165) is 24.3 Å². The zero-order valence-electron chi connectivity index (χ0n) is 18.7. The average molecular weight is 528 g/mol. The highest BCUT2D eigenvalue weighted by Crippen LogP contribution is 2.53. The summed E-state index contributed by atoms with van der Waals surface area (Å²) in [5.41, 5.74) is -1.74. The molecule has 0 heterocycles. The van der Waals surface area contributed by atoms with Crippen LogP contribution in [0.15, 0.2) is 41.3 Å². The monoisotopic (exact) mass is 527 g/mol. The number of halogens is 3. The Balaban J connectivity index is 1.59. The van der Waals surface area contributed by atoms with Crippen molar-refractivity contribution in [2.24, 2.45) is 11.8 Å². The molecule has 0 radical (unpaired) electrons. The Labute approximate surface area is 206 Å². The van der Waals surface area contributed by atoms with E-state index in [1.807, 2.05) is 0 Å². The van der Waals surface area contributed by atoms with Crippen molar-refractivity contribution in [3.63, 3.8) is 0 Å². The number of aliphatic hydroxyl groups is 2. The molecule has 0 aromatic heterocycles. The van der Waals surface area contributed by atoms with Crippen LogP contribution in [0.5, 0.6) is 0 Å². The second-order valence-corrected chi connectivity index (χ2v) is 11.8. The lowest BCUT2D eigenvalue weighted by Crippen LogP contribution is -2.57. The van der Waals surface area contributed by atoms with Crippen LogP contribution >= 0.6 is 11.6 Å². The molecule has 2 saturated carbocycles. The number of ketones is 1. The van der Waals surface area contributed by atoms with Gasteiger partial charge in [0.05, 0.1) is 15.2 Å². The maximum atomic E-state index is 13.5. The summed E-state index contributed by atoms with van der Waals surface area (Å²) in [7, 11) is -4.06. The molecule has 0 aliphatic heterocycles. The largest absolute Gasteiger partial charge is 0.386 e. The maximum absolute atomic E-state index is 13.5. The minimum atomic E-state index is -4.06. The first-order valence-corrected chi connectivity index (χ1v) is 13.0. The molecule has 2 aromatic rings. The van der Waals surface area contributed by atoms with Crippen LogP contribution in [0.4, 0.5) is 14.5 Å². The molecule has 0 spiro atoms. The van der Waals surface area contributed by atoms with Crippen LogP contribution in [0.3, 0.4) is 0 Å². The lowest BCUT2D eigenvalue weighted by atomic mass is 9.70. The summed E-state index contributed by atoms with van der Waals surface area (Å²) in [4.78, 5) is 24.1. The lowest BCUT2D eigenvalue weighted by Gasteiger charge is -2.44. The number of carbonyl (C=O) groups is 2. The molecule has 7 nitrogen and oxygen atoms in total. The van der Waals surface area contributed by atoms with Crippen LogP contribution in [0.1, 0.15) is 43.0 Å². The molecule has 11 heteroatoms. The Morgan fingerprint density at radius 3 is 2.29 bits per heavy atom. The van der Waals surface area contributed by atoms with Crippen LogP contribution in [0, 0.1) is 23.5 Å². The van der Waals surface area contributed by atoms with Crippen LogP contribution in [0.2, 0.25) is 5.02 Å². The van der Waals surface area contributed by atoms with E-state index in [0.29, 0.717) is 12.8 Å². The van der Waals surface area contributed by atoms with Gasteiger partial charge in [0.15, 0.2) is 27.3 Å². The molecule has 2 aliphatic rings. The first-order chi connectivity index (χ1) is 16.4. The van der Waals surface area contributed by atoms with Gasteiger partial charge in [-0.1, -0.05) is 11.6 Å². The quantitative estimate of drug-likeness (QED) is 0.528. The van der Waals surface area contributed by atoms with Gasteiger partial charge < -0.3 is 15.5 Å². The third kappa shape index (κ3) is 4.48. The standard InChI is InChI=1S/C24H24ClF2NO6S/c1-12(29)22(30)24(32)14-3-4-15(24)10-17(9-14)35(33,34)21-8-13(2-6-18(21)25)23(31)28-16-5-7-19(26)20(27)11-16/h2,5-8,11,14-15,17,22,30,32H,3-4,9-10H2,1H3,(H,28,31)/t14-,15?,17?,22-,24?/m0/s1. The fourth-order valence-corrected chi connectivity index (χ4v) is 7.79. The van der Waals surface area contributed by atoms with Gasteiger partial charge in [-0.2, -0.15) is 0 Å². The van der Waals surface area contributed by atoms with Crippen molar-refractivity contribution in [2.45, 2.75) is 54.5 Å². The second-order valence-electron chi connectivity index (χ2n) is 9.24. The number of carbonyl (C=O) groups excluding carboxylic acids is 2. The minimum Gasteiger partial charge on any atom is -0.386 e. The minimum absolute atomic E-state index is 0.0135. The Hall–Kier alpha value is -2.40. The van der Waals surface area contributed by atoms with Crippen LogP contribution < -0.4 is 5.32 Å². The van der Waals surface area contributed by atoms with Crippen molar-refractivity contribution in [3.8, 4) is 0 Å². The predicted molar refractivity (Wildman–Crippen MR) is 124 cm³/mol. The van der Waals surface area contributed by atoms with Crippen molar-refractivity contribution in [2.75, 3.05) is 5.32 Å². The summed E-state index contributed by atoms with van der Waals surface area (Å²) in [6.45, 7) is 1.18. The maximum Gasteiger partial charge on any atom is 0.255 e. The number of hydrogen-bond acceptors (Lipinski definition) is 6. The molecule has 2 fully saturated rings. The van der Waals surface area contributed by atoms with Gasteiger partial charge >= 0.3 is 0 Å². The van der Waals surface area contributed by atoms with Gasteiger partial charge in [-0.25, -0.2) is 17.2 Å². The molecule has 2 aromatic carbocycles. The van der Waals surface area contributed by atoms with E-state index in [9.17, 15) is 37.0 Å². The molecule has 1 amide bonds. The van der Waals surface area contributed by atoms with Gasteiger partial charge in [0.25, 0.3) is 5.91 Å². The van der Waals surface area contributed by atoms with E-state index >= 15 is 0 Å². The van der Waals surface area contributed by atoms with Crippen LogP contribution in [-0.2, 0) is 14.6 Å². The molecule has 2 bridgehead atoms. The number of anilines is 1. The SMILES string of the molecule is CC(=O)[C@H](O)C1(O)C2CC[C@H]1CC(S(=O)(=O)c1cc(C(=O)Nc3ccc(F)c(F)c3)ccc1Cl)C2. The normalized spacial score (nSPS) is 26.9. The van der Waals surface area contributed by atoms with E-state index < -0.39 is 62.0 Å². The average Bonchev–Trinajstić information content (AvgIpc) is 2.97. The van der Waals surface area contributed by atoms with Gasteiger partial charge in [0.1, 0.15) is 11.7 Å². The van der Waals surface area contributed by atoms with Gasteiger partial charge in [-0.3, -0.25) is 9.59 Å². The summed E-state index contributed by atoms with van der Waals surface area (Å²) >= 11 is 6.20. The van der Waals surface area contributed by atoms with Crippen molar-refractivity contribution < 1.29 is 37.0 Å². The van der Waals surface area contributed by atoms with Crippen molar-refractivity contribution >= 4 is 38.8 Å². The number of nitrogens with one attached hydrogen (secondary N) is 1. The Bertz CT molecular complexity index is 1290. The third-order valence-corrected chi connectivity index (χ3v) is 9.86. The van der Waals surface area contributed by atoms with E-state index in [1.165, 1.54) is 19.1 Å². The van der Waals surface area contributed by atoms with Crippen LogP contribution in [0.25, 0.3) is 0 Å². The Morgan fingerprint density at radius 2 is 1.71 bits per heavy atom. The molecular formula is C24H24ClF2NO6S. The van der Waals surface area contributed by atoms with Crippen molar-refractivity contribution in [3.05, 3.63) is 58.6 Å². The third-order valence-electron chi connectivity index (χ3n) is 7.21. The number of benzene rings is 2. The van der Waals surface area contributed by atoms with Gasteiger partial charge in [-0.05, 0) is 74.8 Å². The van der Waals surface area contributed by atoms with E-state index in [1.54, 1.807) is 0 Å². The molecule has 5 atom stereocenters. The molecule has 3 unspecified atom stereocenters. The first kappa shape index (κ1) is 25.7. The zero-order valence-corrected chi connectivity index (χ0v) is 20.2. The van der Waals surface area contributed by atoms with Gasteiger partial charge in [0, 0.05) is 17.3 Å². The number of amides is 1. The molecule has 188 valence electrons. The molecular weight excluding hydrogens is 504 g/mol. The zero-order chi connectivity index (χ0) is 25.7. The van der Waals surface area contributed by atoms with Gasteiger partial charge in [0.2, 0.25) is 0 Å². The summed E-state index contributed by atoms with van der Waals surface area (Å²) in [5, 5.41) is 22.8. The predicted octanol–water partition coefficient (Wildman–Crippen LogP) is 3.51. The molecule has 3 N–H and O–H groups in total. The summed E-state index contributed by atoms with van der Waals surface area (Å²) in [6, 6.07) is 6.52. The number of Topliss-reactive ketones (excluding diaryl/α,β-unsaturated/α-hetero) is 1. The Kier molecular flexibility index (Phi) is 6.78. The van der Waals surface area contributed by atoms with E-state index in [-0.39, 0.29) is 34.0 Å². The summed E-state index contributed by atoms with van der Waals surface area (Å²) in [6.07, 6.45) is -0.581. The molecule has 2 aliphatic carbocycles. The van der Waals surface area contributed by atoms with Crippen LogP contribution in [-0.4, -0.2) is 47.3 Å². The molecule has 0 saturated heterocycles. The highest BCUT2D eigenvalue weighted by Gasteiger charge is 2.60. The molecule has 4 rings (SSSR count). The van der Waals surface area contributed by atoms with Gasteiger partial charge in [-0.15, -0.1) is 0 Å². The highest BCUT2D eigenvalue weighted by atomic mass is 35.5. The fourth-order valence-electron chi connectivity index (χ4n) is 5.39. The summed E-state index contributed by atoms with van der Waals surface area (Å²) < 4.78 is 53.7. The first-order valence-electron chi connectivity index (χ1n) is 11.1. The topological polar surface area (TPSA) is 121 Å². The Morgan fingerprint density at radius 1 is 1.09 bits per heavy atom. The van der Waals surface area contributed by atoms with Crippen molar-refractivity contribution in [1.29, 1.82) is 0 Å². The number of hydrogen-bond donors (Lipinski definition) is 3. The number of aliphatic hydroxyl groups excluding tert-OH is 1. The lowest BCUT2D eigenvalue weighted by molar-refractivity contribution is -0.162.